The highest BCUT2D eigenvalue weighted by Crippen LogP contribution is 1.93. The van der Waals surface area contributed by atoms with Gasteiger partial charge in [-0.2, -0.15) is 0 Å². The van der Waals surface area contributed by atoms with Crippen LogP contribution in [0.25, 0.3) is 0 Å². The van der Waals surface area contributed by atoms with Crippen LogP contribution >= 0.6 is 0 Å². The minimum Gasteiger partial charge on any atom is -0.356 e. The minimum absolute atomic E-state index is 0.144. The van der Waals surface area contributed by atoms with Crippen LogP contribution in [0.5, 0.6) is 0 Å². The number of carbonyl (C=O) groups is 1. The molecule has 0 aliphatic carbocycles. The molecule has 0 atom stereocenters. The fourth-order valence-corrected chi connectivity index (χ4v) is 1.01. The third-order valence-electron chi connectivity index (χ3n) is 2.16. The van der Waals surface area contributed by atoms with Crippen LogP contribution in [-0.4, -0.2) is 63.0 Å². The molecule has 14 heavy (non-hydrogen) atoms. The molecule has 0 spiro atoms. The van der Waals surface area contributed by atoms with Crippen LogP contribution in [0.1, 0.15) is 0 Å². The molecule has 1 rings (SSSR count). The van der Waals surface area contributed by atoms with Gasteiger partial charge in [0.15, 0.2) is 0 Å². The summed E-state index contributed by atoms with van der Waals surface area (Å²) in [5.74, 6) is -0.144. The SMILES string of the molecule is C=CC(=O)NC.CN1CCN(C)CC1. The van der Waals surface area contributed by atoms with Crippen LogP contribution < -0.4 is 5.32 Å². The highest BCUT2D eigenvalue weighted by molar-refractivity contribution is 5.86. The third-order valence-corrected chi connectivity index (χ3v) is 2.16. The largest absolute Gasteiger partial charge is 0.356 e. The molecule has 0 aromatic rings. The van der Waals surface area contributed by atoms with E-state index in [1.54, 1.807) is 7.05 Å². The maximum atomic E-state index is 9.95. The molecular weight excluding hydrogens is 178 g/mol. The highest BCUT2D eigenvalue weighted by Gasteiger charge is 2.07. The van der Waals surface area contributed by atoms with Gasteiger partial charge in [-0.3, -0.25) is 4.79 Å². The van der Waals surface area contributed by atoms with Gasteiger partial charge in [0.05, 0.1) is 0 Å². The van der Waals surface area contributed by atoms with Gasteiger partial charge in [0, 0.05) is 33.2 Å². The Hall–Kier alpha value is -0.870. The number of amides is 1. The number of nitrogens with zero attached hydrogens (tertiary/aromatic N) is 2. The summed E-state index contributed by atoms with van der Waals surface area (Å²) in [4.78, 5) is 14.7. The Bertz CT molecular complexity index is 164. The van der Waals surface area contributed by atoms with Gasteiger partial charge in [0.25, 0.3) is 0 Å². The molecule has 0 bridgehead atoms. The third kappa shape index (κ3) is 6.62. The summed E-state index contributed by atoms with van der Waals surface area (Å²) in [7, 11) is 5.91. The van der Waals surface area contributed by atoms with Crippen LogP contribution in [-0.2, 0) is 4.79 Å². The Morgan fingerprint density at radius 2 is 1.57 bits per heavy atom. The predicted octanol–water partition coefficient (Wildman–Crippen LogP) is -0.218. The number of hydrogen-bond donors (Lipinski definition) is 1. The van der Waals surface area contributed by atoms with Crippen LogP contribution in [0.4, 0.5) is 0 Å². The van der Waals surface area contributed by atoms with Crippen molar-refractivity contribution < 1.29 is 4.79 Å². The van der Waals surface area contributed by atoms with E-state index in [-0.39, 0.29) is 5.91 Å². The van der Waals surface area contributed by atoms with E-state index in [0.717, 1.165) is 0 Å². The lowest BCUT2D eigenvalue weighted by Crippen LogP contribution is -2.42. The summed E-state index contributed by atoms with van der Waals surface area (Å²) >= 11 is 0. The smallest absolute Gasteiger partial charge is 0.243 e. The van der Waals surface area contributed by atoms with Crippen molar-refractivity contribution in [1.29, 1.82) is 0 Å². The van der Waals surface area contributed by atoms with E-state index in [1.807, 2.05) is 0 Å². The lowest BCUT2D eigenvalue weighted by molar-refractivity contribution is -0.116. The molecule has 0 unspecified atom stereocenters. The molecule has 1 saturated heterocycles. The quantitative estimate of drug-likeness (QED) is 0.593. The van der Waals surface area contributed by atoms with E-state index in [9.17, 15) is 4.79 Å². The predicted molar refractivity (Wildman–Crippen MR) is 59.3 cm³/mol. The van der Waals surface area contributed by atoms with Gasteiger partial charge in [-0.15, -0.1) is 0 Å². The molecular formula is C10H21N3O. The van der Waals surface area contributed by atoms with Crippen LogP contribution in [0.2, 0.25) is 0 Å². The standard InChI is InChI=1S/C6H14N2.C4H7NO/c1-7-3-5-8(2)6-4-7;1-3-4(6)5-2/h3-6H2,1-2H3;3H,1H2,2H3,(H,5,6). The molecule has 0 saturated carbocycles. The van der Waals surface area contributed by atoms with E-state index in [0.29, 0.717) is 0 Å². The summed E-state index contributed by atoms with van der Waals surface area (Å²) in [5.41, 5.74) is 0. The number of piperazine rings is 1. The first-order valence-electron chi connectivity index (χ1n) is 4.81. The Morgan fingerprint density at radius 3 is 1.71 bits per heavy atom. The number of hydrogen-bond acceptors (Lipinski definition) is 3. The van der Waals surface area contributed by atoms with Gasteiger partial charge in [-0.25, -0.2) is 0 Å². The number of rotatable bonds is 1. The van der Waals surface area contributed by atoms with Crippen molar-refractivity contribution in [3.8, 4) is 0 Å². The summed E-state index contributed by atoms with van der Waals surface area (Å²) in [5, 5.41) is 2.36. The zero-order valence-corrected chi connectivity index (χ0v) is 9.42. The van der Waals surface area contributed by atoms with Gasteiger partial charge in [0.1, 0.15) is 0 Å². The first kappa shape index (κ1) is 13.1. The molecule has 0 aromatic carbocycles. The van der Waals surface area contributed by atoms with E-state index < -0.39 is 0 Å². The second kappa shape index (κ2) is 7.53. The van der Waals surface area contributed by atoms with Gasteiger partial charge in [0.2, 0.25) is 5.91 Å². The minimum atomic E-state index is -0.144. The Morgan fingerprint density at radius 1 is 1.21 bits per heavy atom. The summed E-state index contributed by atoms with van der Waals surface area (Å²) in [6.07, 6.45) is 1.22. The summed E-state index contributed by atoms with van der Waals surface area (Å²) < 4.78 is 0. The second-order valence-corrected chi connectivity index (χ2v) is 3.42. The zero-order chi connectivity index (χ0) is 11.0. The maximum Gasteiger partial charge on any atom is 0.243 e. The Kier molecular flexibility index (Phi) is 7.06. The van der Waals surface area contributed by atoms with Crippen molar-refractivity contribution in [2.24, 2.45) is 0 Å². The first-order valence-corrected chi connectivity index (χ1v) is 4.81. The van der Waals surface area contributed by atoms with Crippen LogP contribution in [0, 0.1) is 0 Å². The lowest BCUT2D eigenvalue weighted by Gasteiger charge is -2.28. The molecule has 1 N–H and O–H groups in total. The average Bonchev–Trinajstić information content (AvgIpc) is 2.22. The van der Waals surface area contributed by atoms with E-state index >= 15 is 0 Å². The summed E-state index contributed by atoms with van der Waals surface area (Å²) in [6.45, 7) is 8.15. The molecule has 1 fully saturated rings. The monoisotopic (exact) mass is 199 g/mol. The molecule has 0 radical (unpaired) electrons. The average molecular weight is 199 g/mol. The highest BCUT2D eigenvalue weighted by atomic mass is 16.1. The molecule has 4 nitrogen and oxygen atoms in total. The maximum absolute atomic E-state index is 9.95. The molecule has 1 aliphatic rings. The van der Waals surface area contributed by atoms with E-state index in [2.05, 4.69) is 35.8 Å². The van der Waals surface area contributed by atoms with Crippen LogP contribution in [0.3, 0.4) is 0 Å². The van der Waals surface area contributed by atoms with Gasteiger partial charge in [-0.05, 0) is 20.2 Å². The topological polar surface area (TPSA) is 35.6 Å². The molecule has 1 amide bonds. The molecule has 4 heteroatoms. The lowest BCUT2D eigenvalue weighted by atomic mass is 10.4. The Labute approximate surface area is 86.6 Å². The van der Waals surface area contributed by atoms with E-state index in [4.69, 9.17) is 0 Å². The number of likely N-dealkylation sites (N-methyl/N-ethyl adjacent to an activating group) is 3. The molecule has 82 valence electrons. The fraction of sp³-hybridized carbons (Fsp3) is 0.700. The number of nitrogens with one attached hydrogen (secondary N) is 1. The zero-order valence-electron chi connectivity index (χ0n) is 9.42. The van der Waals surface area contributed by atoms with Crippen molar-refractivity contribution in [3.63, 3.8) is 0 Å². The van der Waals surface area contributed by atoms with Crippen LogP contribution in [0.15, 0.2) is 12.7 Å². The van der Waals surface area contributed by atoms with Crippen molar-refractivity contribution in [3.05, 3.63) is 12.7 Å². The van der Waals surface area contributed by atoms with Gasteiger partial charge >= 0.3 is 0 Å². The fourth-order valence-electron chi connectivity index (χ4n) is 1.01. The second-order valence-electron chi connectivity index (χ2n) is 3.42. The first-order chi connectivity index (χ1) is 6.60. The summed E-state index contributed by atoms with van der Waals surface area (Å²) in [6, 6.07) is 0. The number of carbonyl (C=O) groups excluding carboxylic acids is 1. The van der Waals surface area contributed by atoms with Crippen molar-refractivity contribution in [1.82, 2.24) is 15.1 Å². The van der Waals surface area contributed by atoms with E-state index in [1.165, 1.54) is 32.3 Å². The molecule has 1 aliphatic heterocycles. The van der Waals surface area contributed by atoms with Crippen molar-refractivity contribution in [2.45, 2.75) is 0 Å². The molecule has 1 heterocycles. The normalized spacial score (nSPS) is 17.9. The van der Waals surface area contributed by atoms with Crippen molar-refractivity contribution in [2.75, 3.05) is 47.3 Å². The van der Waals surface area contributed by atoms with Gasteiger partial charge in [-0.1, -0.05) is 6.58 Å². The van der Waals surface area contributed by atoms with Crippen molar-refractivity contribution >= 4 is 5.91 Å². The Balaban J connectivity index is 0.000000255. The van der Waals surface area contributed by atoms with Gasteiger partial charge < -0.3 is 15.1 Å². The molecule has 0 aromatic heterocycles.